The number of rotatable bonds is 6. The van der Waals surface area contributed by atoms with Crippen molar-refractivity contribution in [3.63, 3.8) is 0 Å². The van der Waals surface area contributed by atoms with Crippen LogP contribution in [0.2, 0.25) is 0 Å². The first-order valence-electron chi connectivity index (χ1n) is 7.19. The molecular formula is C18H18ClNO3. The monoisotopic (exact) mass is 331 g/mol. The predicted octanol–water partition coefficient (Wildman–Crippen LogP) is 4.28. The van der Waals surface area contributed by atoms with Gasteiger partial charge < -0.3 is 14.8 Å². The van der Waals surface area contributed by atoms with Crippen LogP contribution in [-0.4, -0.2) is 19.7 Å². The Kier molecular flexibility index (Phi) is 6.06. The summed E-state index contributed by atoms with van der Waals surface area (Å²) in [5.41, 5.74) is 2.07. The molecule has 4 nitrogen and oxygen atoms in total. The molecule has 0 saturated carbocycles. The molecule has 0 aliphatic rings. The summed E-state index contributed by atoms with van der Waals surface area (Å²) in [6.07, 6.45) is 0. The van der Waals surface area contributed by atoms with Gasteiger partial charge in [-0.1, -0.05) is 41.9 Å². The normalized spacial score (nSPS) is 11.4. The van der Waals surface area contributed by atoms with Gasteiger partial charge in [0.1, 0.15) is 10.8 Å². The molecule has 0 atom stereocenters. The summed E-state index contributed by atoms with van der Waals surface area (Å²) < 4.78 is 10.1. The molecule has 0 bridgehead atoms. The predicted molar refractivity (Wildman–Crippen MR) is 92.5 cm³/mol. The van der Waals surface area contributed by atoms with E-state index < -0.39 is 5.97 Å². The number of hydrogen-bond acceptors (Lipinski definition) is 4. The Labute approximate surface area is 140 Å². The van der Waals surface area contributed by atoms with E-state index in [-0.39, 0.29) is 11.6 Å². The van der Waals surface area contributed by atoms with E-state index in [0.29, 0.717) is 5.70 Å². The number of hydrogen-bond donors (Lipinski definition) is 1. The zero-order valence-electron chi connectivity index (χ0n) is 13.0. The lowest BCUT2D eigenvalue weighted by atomic mass is 10.1. The highest BCUT2D eigenvalue weighted by Crippen LogP contribution is 2.26. The van der Waals surface area contributed by atoms with Gasteiger partial charge in [-0.2, -0.15) is 0 Å². The fraction of sp³-hybridized carbons (Fsp3) is 0.167. The molecule has 0 saturated heterocycles. The molecule has 2 aromatic rings. The molecule has 0 radical (unpaired) electrons. The van der Waals surface area contributed by atoms with Crippen LogP contribution in [0.4, 0.5) is 5.69 Å². The number of benzene rings is 2. The van der Waals surface area contributed by atoms with Gasteiger partial charge in [0.15, 0.2) is 0 Å². The van der Waals surface area contributed by atoms with Crippen molar-refractivity contribution in [2.24, 2.45) is 0 Å². The topological polar surface area (TPSA) is 47.6 Å². The molecule has 0 aromatic heterocycles. The van der Waals surface area contributed by atoms with E-state index in [1.54, 1.807) is 14.0 Å². The second-order valence-electron chi connectivity index (χ2n) is 4.63. The van der Waals surface area contributed by atoms with Crippen molar-refractivity contribution >= 4 is 29.0 Å². The van der Waals surface area contributed by atoms with Crippen LogP contribution in [-0.2, 0) is 9.53 Å². The molecule has 23 heavy (non-hydrogen) atoms. The Balaban J connectivity index is 2.37. The van der Waals surface area contributed by atoms with E-state index in [2.05, 4.69) is 5.32 Å². The SMILES string of the molecule is CCOC(=O)/C(Cl)=C(\Nc1ccc(OC)cc1)c1ccccc1. The Hall–Kier alpha value is -2.46. The molecule has 0 unspecified atom stereocenters. The second-order valence-corrected chi connectivity index (χ2v) is 5.01. The molecular weight excluding hydrogens is 314 g/mol. The number of carbonyl (C=O) groups is 1. The van der Waals surface area contributed by atoms with E-state index in [0.717, 1.165) is 17.0 Å². The first-order chi connectivity index (χ1) is 11.2. The van der Waals surface area contributed by atoms with Crippen LogP contribution < -0.4 is 10.1 Å². The minimum absolute atomic E-state index is 0.00821. The Morgan fingerprint density at radius 2 is 1.74 bits per heavy atom. The van der Waals surface area contributed by atoms with E-state index in [4.69, 9.17) is 21.1 Å². The van der Waals surface area contributed by atoms with Crippen molar-refractivity contribution < 1.29 is 14.3 Å². The number of nitrogens with one attached hydrogen (secondary N) is 1. The zero-order chi connectivity index (χ0) is 16.7. The molecule has 0 amide bonds. The Morgan fingerprint density at radius 3 is 2.30 bits per heavy atom. The second kappa shape index (κ2) is 8.25. The summed E-state index contributed by atoms with van der Waals surface area (Å²) in [4.78, 5) is 12.0. The van der Waals surface area contributed by atoms with Crippen molar-refractivity contribution in [2.75, 3.05) is 19.0 Å². The van der Waals surface area contributed by atoms with E-state index in [1.165, 1.54) is 0 Å². The summed E-state index contributed by atoms with van der Waals surface area (Å²) in [6.45, 7) is 2.00. The van der Waals surface area contributed by atoms with Gasteiger partial charge in [0, 0.05) is 5.69 Å². The highest BCUT2D eigenvalue weighted by molar-refractivity contribution is 6.44. The van der Waals surface area contributed by atoms with E-state index in [9.17, 15) is 4.79 Å². The van der Waals surface area contributed by atoms with Crippen LogP contribution >= 0.6 is 11.6 Å². The molecule has 1 N–H and O–H groups in total. The number of anilines is 1. The maximum atomic E-state index is 12.0. The molecule has 0 heterocycles. The van der Waals surface area contributed by atoms with Crippen LogP contribution in [0.5, 0.6) is 5.75 Å². The highest BCUT2D eigenvalue weighted by Gasteiger charge is 2.16. The number of halogens is 1. The molecule has 2 aromatic carbocycles. The molecule has 0 aliphatic heterocycles. The van der Waals surface area contributed by atoms with Gasteiger partial charge in [-0.25, -0.2) is 4.79 Å². The Bertz CT molecular complexity index is 681. The molecule has 0 aliphatic carbocycles. The fourth-order valence-electron chi connectivity index (χ4n) is 1.97. The third-order valence-corrected chi connectivity index (χ3v) is 3.44. The van der Waals surface area contributed by atoms with Gasteiger partial charge in [-0.3, -0.25) is 0 Å². The van der Waals surface area contributed by atoms with Crippen molar-refractivity contribution in [1.82, 2.24) is 0 Å². The quantitative estimate of drug-likeness (QED) is 0.634. The van der Waals surface area contributed by atoms with Crippen molar-refractivity contribution in [3.05, 3.63) is 65.2 Å². The number of ether oxygens (including phenoxy) is 2. The van der Waals surface area contributed by atoms with E-state index >= 15 is 0 Å². The first-order valence-corrected chi connectivity index (χ1v) is 7.57. The van der Waals surface area contributed by atoms with Crippen LogP contribution in [0.25, 0.3) is 5.70 Å². The lowest BCUT2D eigenvalue weighted by Crippen LogP contribution is -2.10. The summed E-state index contributed by atoms with van der Waals surface area (Å²) in [6, 6.07) is 16.7. The van der Waals surface area contributed by atoms with Gasteiger partial charge in [0.25, 0.3) is 0 Å². The summed E-state index contributed by atoms with van der Waals surface area (Å²) in [5.74, 6) is 0.186. The lowest BCUT2D eigenvalue weighted by Gasteiger charge is -2.14. The maximum absolute atomic E-state index is 12.0. The van der Waals surface area contributed by atoms with Gasteiger partial charge in [-0.15, -0.1) is 0 Å². The minimum atomic E-state index is -0.561. The highest BCUT2D eigenvalue weighted by atomic mass is 35.5. The average molecular weight is 332 g/mol. The fourth-order valence-corrected chi connectivity index (χ4v) is 2.18. The van der Waals surface area contributed by atoms with Crippen molar-refractivity contribution in [3.8, 4) is 5.75 Å². The number of esters is 1. The summed E-state index contributed by atoms with van der Waals surface area (Å²) in [5, 5.41) is 3.19. The average Bonchev–Trinajstić information content (AvgIpc) is 2.60. The largest absolute Gasteiger partial charge is 0.497 e. The van der Waals surface area contributed by atoms with Crippen LogP contribution in [0.15, 0.2) is 59.6 Å². The smallest absolute Gasteiger partial charge is 0.351 e. The Morgan fingerprint density at radius 1 is 1.09 bits per heavy atom. The van der Waals surface area contributed by atoms with Gasteiger partial charge in [0.2, 0.25) is 0 Å². The summed E-state index contributed by atoms with van der Waals surface area (Å²) >= 11 is 6.24. The summed E-state index contributed by atoms with van der Waals surface area (Å²) in [7, 11) is 1.61. The first kappa shape index (κ1) is 16.9. The van der Waals surface area contributed by atoms with Gasteiger partial charge in [-0.05, 0) is 36.8 Å². The molecule has 120 valence electrons. The third-order valence-electron chi connectivity index (χ3n) is 3.10. The van der Waals surface area contributed by atoms with Crippen LogP contribution in [0.3, 0.4) is 0 Å². The molecule has 0 spiro atoms. The number of methoxy groups -OCH3 is 1. The third kappa shape index (κ3) is 4.50. The molecule has 0 fully saturated rings. The zero-order valence-corrected chi connectivity index (χ0v) is 13.8. The van der Waals surface area contributed by atoms with Crippen LogP contribution in [0.1, 0.15) is 12.5 Å². The van der Waals surface area contributed by atoms with Gasteiger partial charge >= 0.3 is 5.97 Å². The van der Waals surface area contributed by atoms with E-state index in [1.807, 2.05) is 54.6 Å². The minimum Gasteiger partial charge on any atom is -0.497 e. The van der Waals surface area contributed by atoms with Crippen molar-refractivity contribution in [1.29, 1.82) is 0 Å². The van der Waals surface area contributed by atoms with Gasteiger partial charge in [0.05, 0.1) is 19.4 Å². The number of carbonyl (C=O) groups excluding carboxylic acids is 1. The standard InChI is InChI=1S/C18H18ClNO3/c1-3-23-18(21)16(19)17(13-7-5-4-6-8-13)20-14-9-11-15(22-2)12-10-14/h4-12,20H,3H2,1-2H3/b17-16+. The lowest BCUT2D eigenvalue weighted by molar-refractivity contribution is -0.137. The maximum Gasteiger partial charge on any atom is 0.351 e. The van der Waals surface area contributed by atoms with Crippen molar-refractivity contribution in [2.45, 2.75) is 6.92 Å². The molecule has 2 rings (SSSR count). The van der Waals surface area contributed by atoms with Crippen LogP contribution in [0, 0.1) is 0 Å². The molecule has 5 heteroatoms.